The van der Waals surface area contributed by atoms with Gasteiger partial charge in [0.1, 0.15) is 22.8 Å². The van der Waals surface area contributed by atoms with E-state index in [2.05, 4.69) is 20.8 Å². The summed E-state index contributed by atoms with van der Waals surface area (Å²) in [5.41, 5.74) is 4.70. The Labute approximate surface area is 193 Å². The van der Waals surface area contributed by atoms with E-state index >= 15 is 0 Å². The zero-order valence-electron chi connectivity index (χ0n) is 19.2. The third-order valence-corrected chi connectivity index (χ3v) is 6.83. The highest BCUT2D eigenvalue weighted by Crippen LogP contribution is 2.23. The highest BCUT2D eigenvalue weighted by atomic mass is 32.2. The smallest absolute Gasteiger partial charge is 0.262 e. The van der Waals surface area contributed by atoms with Crippen molar-refractivity contribution in [2.24, 2.45) is 5.92 Å². The molecule has 2 aromatic rings. The molecule has 0 saturated heterocycles. The summed E-state index contributed by atoms with van der Waals surface area (Å²) in [7, 11) is -1.61. The summed E-state index contributed by atoms with van der Waals surface area (Å²) < 4.78 is 15.4. The lowest BCUT2D eigenvalue weighted by molar-refractivity contribution is -0.133. The number of allylic oxidation sites excluding steroid dienone is 1. The average Bonchev–Trinajstić information content (AvgIpc) is 2.79. The van der Waals surface area contributed by atoms with E-state index in [0.29, 0.717) is 17.4 Å². The number of nitrogens with zero attached hydrogens (tertiary/aromatic N) is 1. The van der Waals surface area contributed by atoms with Gasteiger partial charge in [-0.3, -0.25) is 10.0 Å². The number of carbonyl (C=O) groups excluding carboxylic acids is 1. The van der Waals surface area contributed by atoms with E-state index in [9.17, 15) is 19.3 Å². The summed E-state index contributed by atoms with van der Waals surface area (Å²) in [5.74, 6) is -0.138. The summed E-state index contributed by atoms with van der Waals surface area (Å²) in [5, 5.41) is 19.0. The predicted molar refractivity (Wildman–Crippen MR) is 129 cm³/mol. The maximum Gasteiger partial charge on any atom is 0.262 e. The zero-order chi connectivity index (χ0) is 23.7. The number of aromatic hydroxyl groups is 1. The monoisotopic (exact) mass is 458 g/mol. The van der Waals surface area contributed by atoms with E-state index < -0.39 is 22.9 Å². The first-order valence-corrected chi connectivity index (χ1v) is 12.1. The number of hydroxylamine groups is 1. The fourth-order valence-corrected chi connectivity index (χ4v) is 4.82. The molecule has 0 aliphatic heterocycles. The van der Waals surface area contributed by atoms with E-state index in [4.69, 9.17) is 0 Å². The Morgan fingerprint density at radius 1 is 1.19 bits per heavy atom. The molecular weight excluding hydrogens is 424 g/mol. The van der Waals surface area contributed by atoms with E-state index in [0.717, 1.165) is 29.5 Å². The summed E-state index contributed by atoms with van der Waals surface area (Å²) in [6, 6.07) is 11.4. The maximum atomic E-state index is 13.7. The number of amides is 1. The lowest BCUT2D eigenvalue weighted by atomic mass is 10.0. The Morgan fingerprint density at radius 3 is 2.44 bits per heavy atom. The molecule has 32 heavy (non-hydrogen) atoms. The van der Waals surface area contributed by atoms with Gasteiger partial charge in [0.05, 0.1) is 4.90 Å². The largest absolute Gasteiger partial charge is 0.508 e. The fraction of sp³-hybridized carbons (Fsp3) is 0.400. The Hall–Kier alpha value is -2.48. The minimum absolute atomic E-state index is 0.129. The van der Waals surface area contributed by atoms with Gasteiger partial charge in [0.2, 0.25) is 0 Å². The number of phenolic OH excluding ortho intramolecular Hbond substituents is 1. The van der Waals surface area contributed by atoms with Crippen molar-refractivity contribution < 1.29 is 19.3 Å². The van der Waals surface area contributed by atoms with Crippen LogP contribution in [0.3, 0.4) is 0 Å². The lowest BCUT2D eigenvalue weighted by Gasteiger charge is -2.30. The van der Waals surface area contributed by atoms with Crippen molar-refractivity contribution in [2.75, 3.05) is 6.54 Å². The van der Waals surface area contributed by atoms with E-state index in [1.165, 1.54) is 0 Å². The van der Waals surface area contributed by atoms with Crippen LogP contribution in [0, 0.1) is 5.92 Å². The van der Waals surface area contributed by atoms with Gasteiger partial charge in [-0.25, -0.2) is 14.0 Å². The van der Waals surface area contributed by atoms with Crippen LogP contribution in [0.1, 0.15) is 50.8 Å². The standard InChI is InChI=1S/C25H34N2O4S/c1-5-7-21-17-23(13-10-20(21)6-2)32(31)27(15-14-18(3)4)24(25(29)26-30)16-19-8-11-22(28)12-9-19/h5,7-13,17-18,24,28,30H,6,14-16H2,1-4H3,(H,26,29)/b7-5-/t24-,32?/m1/s1. The molecule has 0 spiro atoms. The predicted octanol–water partition coefficient (Wildman–Crippen LogP) is 4.48. The molecular formula is C25H34N2O4S. The minimum Gasteiger partial charge on any atom is -0.508 e. The normalized spacial score (nSPS) is 13.6. The number of benzene rings is 2. The van der Waals surface area contributed by atoms with E-state index in [1.54, 1.807) is 34.1 Å². The molecule has 0 aliphatic rings. The second kappa shape index (κ2) is 12.5. The summed E-state index contributed by atoms with van der Waals surface area (Å²) in [6.45, 7) is 8.59. The van der Waals surface area contributed by atoms with Gasteiger partial charge in [0, 0.05) is 6.54 Å². The molecule has 3 N–H and O–H groups in total. The molecule has 2 atom stereocenters. The third kappa shape index (κ3) is 7.02. The number of nitrogens with one attached hydrogen (secondary N) is 1. The van der Waals surface area contributed by atoms with Crippen LogP contribution in [0.2, 0.25) is 0 Å². The Balaban J connectivity index is 2.46. The number of rotatable bonds is 11. The number of phenols is 1. The van der Waals surface area contributed by atoms with Crippen LogP contribution in [0.25, 0.3) is 6.08 Å². The molecule has 2 rings (SSSR count). The summed E-state index contributed by atoms with van der Waals surface area (Å²) in [4.78, 5) is 13.3. The molecule has 1 amide bonds. The molecule has 2 aromatic carbocycles. The van der Waals surface area contributed by atoms with Gasteiger partial charge < -0.3 is 5.11 Å². The van der Waals surface area contributed by atoms with Crippen molar-refractivity contribution >= 4 is 23.0 Å². The summed E-state index contributed by atoms with van der Waals surface area (Å²) in [6.07, 6.45) is 5.79. The fourth-order valence-electron chi connectivity index (χ4n) is 3.47. The van der Waals surface area contributed by atoms with E-state index in [-0.39, 0.29) is 12.2 Å². The third-order valence-electron chi connectivity index (χ3n) is 5.31. The van der Waals surface area contributed by atoms with E-state index in [1.807, 2.05) is 37.3 Å². The van der Waals surface area contributed by atoms with Crippen LogP contribution in [0.5, 0.6) is 5.75 Å². The molecule has 0 radical (unpaired) electrons. The Morgan fingerprint density at radius 2 is 1.88 bits per heavy atom. The van der Waals surface area contributed by atoms with Crippen molar-refractivity contribution in [1.29, 1.82) is 0 Å². The van der Waals surface area contributed by atoms with Gasteiger partial charge >= 0.3 is 0 Å². The second-order valence-electron chi connectivity index (χ2n) is 8.15. The van der Waals surface area contributed by atoms with Crippen molar-refractivity contribution in [3.8, 4) is 5.75 Å². The summed E-state index contributed by atoms with van der Waals surface area (Å²) >= 11 is 0. The van der Waals surface area contributed by atoms with Crippen molar-refractivity contribution in [3.05, 3.63) is 65.2 Å². The van der Waals surface area contributed by atoms with Crippen molar-refractivity contribution in [2.45, 2.75) is 57.9 Å². The van der Waals surface area contributed by atoms with Crippen LogP contribution in [0.4, 0.5) is 0 Å². The number of hydrogen-bond donors (Lipinski definition) is 3. The van der Waals surface area contributed by atoms with Crippen LogP contribution < -0.4 is 5.48 Å². The van der Waals surface area contributed by atoms with Gasteiger partial charge in [-0.15, -0.1) is 0 Å². The van der Waals surface area contributed by atoms with Gasteiger partial charge in [0.15, 0.2) is 0 Å². The maximum absolute atomic E-state index is 13.7. The number of hydrogen-bond acceptors (Lipinski definition) is 4. The Bertz CT molecular complexity index is 941. The molecule has 7 heteroatoms. The van der Waals surface area contributed by atoms with Crippen LogP contribution in [0.15, 0.2) is 53.4 Å². The first kappa shape index (κ1) is 25.8. The number of aryl methyl sites for hydroxylation is 1. The van der Waals surface area contributed by atoms with Crippen LogP contribution in [-0.4, -0.2) is 37.3 Å². The minimum atomic E-state index is -1.61. The quantitative estimate of drug-likeness (QED) is 0.342. The number of carbonyl (C=O) groups is 1. The van der Waals surface area contributed by atoms with Gasteiger partial charge in [-0.2, -0.15) is 0 Å². The molecule has 0 aliphatic carbocycles. The topological polar surface area (TPSA) is 89.9 Å². The van der Waals surface area contributed by atoms with Crippen LogP contribution in [-0.2, 0) is 28.6 Å². The average molecular weight is 459 g/mol. The van der Waals surface area contributed by atoms with Gasteiger partial charge in [-0.1, -0.05) is 51.1 Å². The second-order valence-corrected chi connectivity index (χ2v) is 9.59. The SMILES string of the molecule is C/C=C\c1cc(S(=O)N(CCC(C)C)[C@H](Cc2ccc(O)cc2)C(=O)NO)ccc1CC. The zero-order valence-corrected chi connectivity index (χ0v) is 20.1. The first-order chi connectivity index (χ1) is 15.3. The highest BCUT2D eigenvalue weighted by Gasteiger charge is 2.31. The molecule has 174 valence electrons. The Kier molecular flexibility index (Phi) is 10.1. The molecule has 0 heterocycles. The molecule has 0 bridgehead atoms. The van der Waals surface area contributed by atoms with Gasteiger partial charge in [0.25, 0.3) is 5.91 Å². The molecule has 0 fully saturated rings. The van der Waals surface area contributed by atoms with Crippen LogP contribution >= 0.6 is 0 Å². The first-order valence-electron chi connectivity index (χ1n) is 11.0. The molecule has 1 unspecified atom stereocenters. The lowest BCUT2D eigenvalue weighted by Crippen LogP contribution is -2.48. The highest BCUT2D eigenvalue weighted by molar-refractivity contribution is 7.82. The molecule has 0 aromatic heterocycles. The molecule has 6 nitrogen and oxygen atoms in total. The van der Waals surface area contributed by atoms with Gasteiger partial charge in [-0.05, 0) is 73.1 Å². The molecule has 0 saturated carbocycles. The van der Waals surface area contributed by atoms with Crippen molar-refractivity contribution in [1.82, 2.24) is 9.79 Å². The van der Waals surface area contributed by atoms with Crippen molar-refractivity contribution in [3.63, 3.8) is 0 Å².